The van der Waals surface area contributed by atoms with Gasteiger partial charge in [-0.05, 0) is 24.3 Å². The van der Waals surface area contributed by atoms with E-state index in [1.54, 1.807) is 0 Å². The smallest absolute Gasteiger partial charge is 0.382 e. The lowest BCUT2D eigenvalue weighted by Gasteiger charge is -1.96. The molecule has 0 aliphatic heterocycles. The first-order chi connectivity index (χ1) is 7.27. The number of rotatable bonds is 2. The van der Waals surface area contributed by atoms with Crippen molar-refractivity contribution < 1.29 is 23.2 Å². The van der Waals surface area contributed by atoms with Crippen molar-refractivity contribution >= 4 is 11.9 Å². The second-order valence-corrected chi connectivity index (χ2v) is 2.63. The molecule has 2 heterocycles. The van der Waals surface area contributed by atoms with Crippen molar-refractivity contribution in [3.8, 4) is 0 Å². The van der Waals surface area contributed by atoms with Gasteiger partial charge in [0.2, 0.25) is 11.5 Å². The van der Waals surface area contributed by atoms with Gasteiger partial charge in [0.1, 0.15) is 0 Å². The van der Waals surface area contributed by atoms with E-state index in [0.717, 1.165) is 0 Å². The molecule has 0 atom stereocenters. The molecule has 0 saturated carbocycles. The number of hydrogen-bond donors (Lipinski definition) is 0. The maximum Gasteiger partial charge on any atom is 0.382 e. The topological polar surface area (TPSA) is 69.7 Å². The van der Waals surface area contributed by atoms with E-state index in [-0.39, 0.29) is 11.5 Å². The van der Waals surface area contributed by atoms with Crippen LogP contribution in [0, 0.1) is 0 Å². The molecule has 0 aliphatic carbocycles. The molecule has 5 heteroatoms. The average molecular weight is 206 g/mol. The quantitative estimate of drug-likeness (QED) is 0.554. The lowest BCUT2D eigenvalue weighted by molar-refractivity contribution is 0.0354. The van der Waals surface area contributed by atoms with Gasteiger partial charge in [-0.2, -0.15) is 0 Å². The molecule has 2 aromatic rings. The van der Waals surface area contributed by atoms with Gasteiger partial charge in [-0.3, -0.25) is 0 Å². The van der Waals surface area contributed by atoms with Gasteiger partial charge >= 0.3 is 11.9 Å². The highest BCUT2D eigenvalue weighted by atomic mass is 16.6. The molecule has 0 unspecified atom stereocenters. The first kappa shape index (κ1) is 9.26. The number of carbonyl (C=O) groups excluding carboxylic acids is 2. The molecular formula is C10H6O5. The van der Waals surface area contributed by atoms with E-state index < -0.39 is 11.9 Å². The van der Waals surface area contributed by atoms with Crippen LogP contribution in [0.1, 0.15) is 21.1 Å². The number of esters is 2. The summed E-state index contributed by atoms with van der Waals surface area (Å²) < 4.78 is 14.0. The van der Waals surface area contributed by atoms with Crippen LogP contribution >= 0.6 is 0 Å². The second-order valence-electron chi connectivity index (χ2n) is 2.63. The van der Waals surface area contributed by atoms with Crippen LogP contribution < -0.4 is 0 Å². The van der Waals surface area contributed by atoms with E-state index in [9.17, 15) is 9.59 Å². The third-order valence-corrected chi connectivity index (χ3v) is 1.63. The zero-order valence-corrected chi connectivity index (χ0v) is 7.51. The van der Waals surface area contributed by atoms with Crippen LogP contribution in [0.25, 0.3) is 0 Å². The molecule has 0 amide bonds. The molecule has 0 fully saturated rings. The Labute approximate surface area is 84.2 Å². The average Bonchev–Trinajstić information content (AvgIpc) is 2.91. The molecule has 0 aromatic carbocycles. The van der Waals surface area contributed by atoms with E-state index >= 15 is 0 Å². The number of ether oxygens (including phenoxy) is 1. The van der Waals surface area contributed by atoms with Crippen molar-refractivity contribution in [3.63, 3.8) is 0 Å². The van der Waals surface area contributed by atoms with Gasteiger partial charge < -0.3 is 13.6 Å². The summed E-state index contributed by atoms with van der Waals surface area (Å²) in [5.41, 5.74) is 0. The molecule has 2 aromatic heterocycles. The Kier molecular flexibility index (Phi) is 2.37. The van der Waals surface area contributed by atoms with Crippen LogP contribution in [0.2, 0.25) is 0 Å². The van der Waals surface area contributed by atoms with Gasteiger partial charge in [-0.1, -0.05) is 0 Å². The van der Waals surface area contributed by atoms with Crippen molar-refractivity contribution in [2.75, 3.05) is 0 Å². The third-order valence-electron chi connectivity index (χ3n) is 1.63. The Hall–Kier alpha value is -2.30. The highest BCUT2D eigenvalue weighted by Crippen LogP contribution is 2.07. The largest absolute Gasteiger partial charge is 0.457 e. The number of hydrogen-bond acceptors (Lipinski definition) is 5. The van der Waals surface area contributed by atoms with Gasteiger partial charge in [-0.25, -0.2) is 9.59 Å². The summed E-state index contributed by atoms with van der Waals surface area (Å²) in [7, 11) is 0. The Morgan fingerprint density at radius 1 is 0.933 bits per heavy atom. The highest BCUT2D eigenvalue weighted by Gasteiger charge is 2.18. The number of furan rings is 2. The minimum Gasteiger partial charge on any atom is -0.457 e. The lowest BCUT2D eigenvalue weighted by Crippen LogP contribution is -2.11. The Balaban J connectivity index is 2.04. The highest BCUT2D eigenvalue weighted by molar-refractivity contribution is 5.99. The van der Waals surface area contributed by atoms with E-state index in [1.807, 2.05) is 0 Å². The van der Waals surface area contributed by atoms with Gasteiger partial charge in [0.05, 0.1) is 12.5 Å². The maximum atomic E-state index is 11.2. The molecule has 2 rings (SSSR count). The van der Waals surface area contributed by atoms with Crippen LogP contribution in [0.5, 0.6) is 0 Å². The predicted molar refractivity (Wildman–Crippen MR) is 47.2 cm³/mol. The standard InChI is InChI=1S/C10H6O5/c11-9(7-3-1-5-13-7)15-10(12)8-4-2-6-14-8/h1-6H. The van der Waals surface area contributed by atoms with Crippen molar-refractivity contribution in [2.24, 2.45) is 0 Å². The van der Waals surface area contributed by atoms with Crippen LogP contribution in [0.3, 0.4) is 0 Å². The van der Waals surface area contributed by atoms with E-state index in [0.29, 0.717) is 0 Å². The first-order valence-electron chi connectivity index (χ1n) is 4.11. The van der Waals surface area contributed by atoms with Crippen LogP contribution in [-0.2, 0) is 4.74 Å². The third kappa shape index (κ3) is 1.96. The fourth-order valence-electron chi connectivity index (χ4n) is 0.974. The van der Waals surface area contributed by atoms with Crippen LogP contribution in [-0.4, -0.2) is 11.9 Å². The van der Waals surface area contributed by atoms with Crippen LogP contribution in [0.15, 0.2) is 45.6 Å². The Morgan fingerprint density at radius 2 is 1.40 bits per heavy atom. The molecule has 0 aliphatic rings. The van der Waals surface area contributed by atoms with Gasteiger partial charge in [0.15, 0.2) is 0 Å². The second kappa shape index (κ2) is 3.83. The molecule has 0 saturated heterocycles. The Morgan fingerprint density at radius 3 is 1.73 bits per heavy atom. The zero-order chi connectivity index (χ0) is 10.7. The van der Waals surface area contributed by atoms with E-state index in [4.69, 9.17) is 8.83 Å². The molecule has 5 nitrogen and oxygen atoms in total. The predicted octanol–water partition coefficient (Wildman–Crippen LogP) is 1.87. The SMILES string of the molecule is O=C(OC(=O)c1ccco1)c1ccco1. The zero-order valence-electron chi connectivity index (χ0n) is 7.51. The molecule has 0 spiro atoms. The van der Waals surface area contributed by atoms with E-state index in [1.165, 1.54) is 36.8 Å². The summed E-state index contributed by atoms with van der Waals surface area (Å²) in [6.07, 6.45) is 2.63. The Bertz CT molecular complexity index is 408. The number of carbonyl (C=O) groups is 2. The van der Waals surface area contributed by atoms with Crippen molar-refractivity contribution in [2.45, 2.75) is 0 Å². The normalized spacial score (nSPS) is 9.87. The molecular weight excluding hydrogens is 200 g/mol. The van der Waals surface area contributed by atoms with Gasteiger partial charge in [0, 0.05) is 0 Å². The summed E-state index contributed by atoms with van der Waals surface area (Å²) >= 11 is 0. The molecule has 0 bridgehead atoms. The van der Waals surface area contributed by atoms with Gasteiger partial charge in [0.25, 0.3) is 0 Å². The summed E-state index contributed by atoms with van der Waals surface area (Å²) in [4.78, 5) is 22.5. The monoisotopic (exact) mass is 206 g/mol. The minimum absolute atomic E-state index is 0.0325. The molecule has 0 radical (unpaired) electrons. The molecule has 15 heavy (non-hydrogen) atoms. The molecule has 0 N–H and O–H groups in total. The summed E-state index contributed by atoms with van der Waals surface area (Å²) in [5.74, 6) is -1.76. The fourth-order valence-corrected chi connectivity index (χ4v) is 0.974. The van der Waals surface area contributed by atoms with Crippen molar-refractivity contribution in [1.29, 1.82) is 0 Å². The summed E-state index contributed by atoms with van der Waals surface area (Å²) in [5, 5.41) is 0. The van der Waals surface area contributed by atoms with Crippen molar-refractivity contribution in [3.05, 3.63) is 48.3 Å². The van der Waals surface area contributed by atoms with E-state index in [2.05, 4.69) is 4.74 Å². The van der Waals surface area contributed by atoms with Gasteiger partial charge in [-0.15, -0.1) is 0 Å². The first-order valence-corrected chi connectivity index (χ1v) is 4.11. The summed E-state index contributed by atoms with van der Waals surface area (Å²) in [6.45, 7) is 0. The minimum atomic E-state index is -0.846. The fraction of sp³-hybridized carbons (Fsp3) is 0. The van der Waals surface area contributed by atoms with Crippen molar-refractivity contribution in [1.82, 2.24) is 0 Å². The lowest BCUT2D eigenvalue weighted by atomic mass is 10.4. The van der Waals surface area contributed by atoms with Crippen LogP contribution in [0.4, 0.5) is 0 Å². The summed E-state index contributed by atoms with van der Waals surface area (Å²) in [6, 6.07) is 5.84. The molecule has 76 valence electrons. The maximum absolute atomic E-state index is 11.2.